The smallest absolute Gasteiger partial charge is 0.244 e. The highest BCUT2D eigenvalue weighted by atomic mass is 32.2. The normalized spacial score (nSPS) is 28.8. The number of carbonyl (C=O) groups excluding carboxylic acids is 1. The van der Waals surface area contributed by atoms with Crippen molar-refractivity contribution in [2.45, 2.75) is 62.6 Å². The molecule has 0 spiro atoms. The number of rotatable bonds is 5. The Kier molecular flexibility index (Phi) is 5.39. The minimum absolute atomic E-state index is 0.0706. The molecule has 2 aliphatic carbocycles. The van der Waals surface area contributed by atoms with Gasteiger partial charge in [-0.15, -0.1) is 0 Å². The maximum absolute atomic E-state index is 13.5. The highest BCUT2D eigenvalue weighted by Crippen LogP contribution is 2.49. The summed E-state index contributed by atoms with van der Waals surface area (Å²) in [5, 5.41) is 3.22. The average Bonchev–Trinajstić information content (AvgIpc) is 3.42. The summed E-state index contributed by atoms with van der Waals surface area (Å²) in [5.41, 5.74) is 2.02. The van der Waals surface area contributed by atoms with Crippen LogP contribution in [0, 0.1) is 17.8 Å². The fourth-order valence-corrected chi connectivity index (χ4v) is 7.62. The molecule has 2 fully saturated rings. The van der Waals surface area contributed by atoms with Crippen LogP contribution in [0.1, 0.15) is 43.7 Å². The zero-order chi connectivity index (χ0) is 21.6. The molecule has 0 saturated heterocycles. The topological polar surface area (TPSA) is 66.5 Å². The molecule has 3 aliphatic rings. The van der Waals surface area contributed by atoms with Gasteiger partial charge in [-0.25, -0.2) is 8.42 Å². The second kappa shape index (κ2) is 8.06. The van der Waals surface area contributed by atoms with E-state index in [1.165, 1.54) is 30.0 Å². The summed E-state index contributed by atoms with van der Waals surface area (Å²) in [6.45, 7) is 2.31. The Balaban J connectivity index is 1.42. The second-order valence-corrected chi connectivity index (χ2v) is 11.4. The van der Waals surface area contributed by atoms with Crippen LogP contribution in [0.15, 0.2) is 59.5 Å². The van der Waals surface area contributed by atoms with Gasteiger partial charge in [-0.3, -0.25) is 4.79 Å². The van der Waals surface area contributed by atoms with Crippen LogP contribution in [0.2, 0.25) is 0 Å². The van der Waals surface area contributed by atoms with Crippen molar-refractivity contribution in [2.24, 2.45) is 17.8 Å². The molecule has 164 valence electrons. The Morgan fingerprint density at radius 2 is 1.71 bits per heavy atom. The molecule has 2 aromatic carbocycles. The Morgan fingerprint density at radius 1 is 1.00 bits per heavy atom. The van der Waals surface area contributed by atoms with Crippen molar-refractivity contribution in [1.29, 1.82) is 0 Å². The fraction of sp³-hybridized carbons (Fsp3) is 0.480. The van der Waals surface area contributed by atoms with Crippen LogP contribution < -0.4 is 5.32 Å². The van der Waals surface area contributed by atoms with Crippen LogP contribution >= 0.6 is 0 Å². The maximum atomic E-state index is 13.5. The van der Waals surface area contributed by atoms with Crippen LogP contribution in [-0.4, -0.2) is 30.7 Å². The first kappa shape index (κ1) is 20.7. The van der Waals surface area contributed by atoms with Crippen molar-refractivity contribution in [3.8, 4) is 0 Å². The van der Waals surface area contributed by atoms with E-state index in [2.05, 4.69) is 12.2 Å². The number of hydrogen-bond acceptors (Lipinski definition) is 3. The standard InChI is InChI=1S/C25H30N2O3S/c1-17(23-14-18-11-12-20(23)13-18)26-25(28)24-15-19-7-5-6-8-21(19)16-27(24)31(29,30)22-9-3-2-4-10-22/h2-10,17-18,20,23-24H,11-16H2,1H3,(H,26,28). The van der Waals surface area contributed by atoms with E-state index in [1.807, 2.05) is 24.3 Å². The van der Waals surface area contributed by atoms with Crippen LogP contribution in [-0.2, 0) is 27.8 Å². The summed E-state index contributed by atoms with van der Waals surface area (Å²) in [5.74, 6) is 1.85. The summed E-state index contributed by atoms with van der Waals surface area (Å²) in [7, 11) is -3.79. The largest absolute Gasteiger partial charge is 0.352 e. The maximum Gasteiger partial charge on any atom is 0.244 e. The number of carbonyl (C=O) groups is 1. The molecule has 5 rings (SSSR count). The van der Waals surface area contributed by atoms with E-state index < -0.39 is 16.1 Å². The van der Waals surface area contributed by atoms with E-state index in [9.17, 15) is 13.2 Å². The molecule has 1 N–H and O–H groups in total. The van der Waals surface area contributed by atoms with Crippen LogP contribution in [0.3, 0.4) is 0 Å². The van der Waals surface area contributed by atoms with Gasteiger partial charge in [0.05, 0.1) is 4.90 Å². The Labute approximate surface area is 184 Å². The highest BCUT2D eigenvalue weighted by molar-refractivity contribution is 7.89. The summed E-state index contributed by atoms with van der Waals surface area (Å²) in [6, 6.07) is 15.6. The van der Waals surface area contributed by atoms with Gasteiger partial charge in [0.1, 0.15) is 6.04 Å². The molecule has 2 bridgehead atoms. The van der Waals surface area contributed by atoms with E-state index in [0.29, 0.717) is 18.3 Å². The lowest BCUT2D eigenvalue weighted by atomic mass is 9.84. The number of nitrogens with one attached hydrogen (secondary N) is 1. The molecule has 2 saturated carbocycles. The lowest BCUT2D eigenvalue weighted by Gasteiger charge is -2.36. The van der Waals surface area contributed by atoms with E-state index in [-0.39, 0.29) is 23.4 Å². The zero-order valence-electron chi connectivity index (χ0n) is 17.9. The van der Waals surface area contributed by atoms with Crippen molar-refractivity contribution in [3.05, 3.63) is 65.7 Å². The summed E-state index contributed by atoms with van der Waals surface area (Å²) in [6.07, 6.45) is 5.46. The first-order valence-electron chi connectivity index (χ1n) is 11.4. The van der Waals surface area contributed by atoms with Crippen LogP contribution in [0.5, 0.6) is 0 Å². The van der Waals surface area contributed by atoms with Crippen molar-refractivity contribution < 1.29 is 13.2 Å². The average molecular weight is 439 g/mol. The summed E-state index contributed by atoms with van der Waals surface area (Å²) in [4.78, 5) is 13.7. The number of benzene rings is 2. The minimum Gasteiger partial charge on any atom is -0.352 e. The van der Waals surface area contributed by atoms with Crippen molar-refractivity contribution in [2.75, 3.05) is 0 Å². The Bertz CT molecular complexity index is 1070. The van der Waals surface area contributed by atoms with E-state index in [4.69, 9.17) is 0 Å². The number of hydrogen-bond donors (Lipinski definition) is 1. The lowest BCUT2D eigenvalue weighted by molar-refractivity contribution is -0.126. The molecule has 1 heterocycles. The zero-order valence-corrected chi connectivity index (χ0v) is 18.7. The second-order valence-electron chi connectivity index (χ2n) is 9.49. The molecule has 0 aromatic heterocycles. The SMILES string of the molecule is CC(NC(=O)C1Cc2ccccc2CN1S(=O)(=O)c1ccccc1)C1CC2CCC1C2. The van der Waals surface area contributed by atoms with Gasteiger partial charge in [-0.1, -0.05) is 48.9 Å². The van der Waals surface area contributed by atoms with Crippen LogP contribution in [0.4, 0.5) is 0 Å². The molecule has 0 radical (unpaired) electrons. The first-order chi connectivity index (χ1) is 14.9. The van der Waals surface area contributed by atoms with Gasteiger partial charge in [0.2, 0.25) is 15.9 Å². The fourth-order valence-electron chi connectivity index (χ4n) is 6.04. The number of nitrogens with zero attached hydrogens (tertiary/aromatic N) is 1. The Morgan fingerprint density at radius 3 is 2.39 bits per heavy atom. The van der Waals surface area contributed by atoms with E-state index in [0.717, 1.165) is 17.0 Å². The summed E-state index contributed by atoms with van der Waals surface area (Å²) >= 11 is 0. The van der Waals surface area contributed by atoms with E-state index >= 15 is 0 Å². The predicted molar refractivity (Wildman–Crippen MR) is 120 cm³/mol. The van der Waals surface area contributed by atoms with Crippen molar-refractivity contribution in [1.82, 2.24) is 9.62 Å². The third-order valence-electron chi connectivity index (χ3n) is 7.66. The van der Waals surface area contributed by atoms with Gasteiger partial charge in [-0.05, 0) is 73.6 Å². The lowest BCUT2D eigenvalue weighted by Crippen LogP contribution is -2.55. The minimum atomic E-state index is -3.79. The Hall–Kier alpha value is -2.18. The molecule has 31 heavy (non-hydrogen) atoms. The molecular weight excluding hydrogens is 408 g/mol. The number of sulfonamides is 1. The highest BCUT2D eigenvalue weighted by Gasteiger charge is 2.44. The van der Waals surface area contributed by atoms with Gasteiger partial charge in [0.15, 0.2) is 0 Å². The molecule has 5 unspecified atom stereocenters. The first-order valence-corrected chi connectivity index (χ1v) is 12.8. The predicted octanol–water partition coefficient (Wildman–Crippen LogP) is 3.74. The molecule has 2 aromatic rings. The molecule has 1 aliphatic heterocycles. The number of amides is 1. The van der Waals surface area contributed by atoms with Gasteiger partial charge in [0, 0.05) is 12.6 Å². The van der Waals surface area contributed by atoms with Gasteiger partial charge in [0.25, 0.3) is 0 Å². The molecule has 1 amide bonds. The number of fused-ring (bicyclic) bond motifs is 3. The third kappa shape index (κ3) is 3.80. The molecule has 5 atom stereocenters. The van der Waals surface area contributed by atoms with Crippen molar-refractivity contribution in [3.63, 3.8) is 0 Å². The quantitative estimate of drug-likeness (QED) is 0.773. The summed E-state index contributed by atoms with van der Waals surface area (Å²) < 4.78 is 28.4. The third-order valence-corrected chi connectivity index (χ3v) is 9.53. The molecule has 5 nitrogen and oxygen atoms in total. The van der Waals surface area contributed by atoms with Crippen molar-refractivity contribution >= 4 is 15.9 Å². The van der Waals surface area contributed by atoms with E-state index in [1.54, 1.807) is 30.3 Å². The van der Waals surface area contributed by atoms with Crippen LogP contribution in [0.25, 0.3) is 0 Å². The molecular formula is C25H30N2O3S. The van der Waals surface area contributed by atoms with Gasteiger partial charge in [-0.2, -0.15) is 4.31 Å². The van der Waals surface area contributed by atoms with Gasteiger partial charge >= 0.3 is 0 Å². The molecule has 6 heteroatoms. The van der Waals surface area contributed by atoms with Gasteiger partial charge < -0.3 is 5.32 Å². The monoisotopic (exact) mass is 438 g/mol.